The average Bonchev–Trinajstić information content (AvgIpc) is 2.86. The highest BCUT2D eigenvalue weighted by Gasteiger charge is 2.38. The van der Waals surface area contributed by atoms with E-state index in [1.54, 1.807) is 24.3 Å². The Morgan fingerprint density at radius 2 is 1.70 bits per heavy atom. The van der Waals surface area contributed by atoms with Gasteiger partial charge in [-0.1, -0.05) is 36.4 Å². The number of allylic oxidation sites excluding steroid dienone is 2. The zero-order valence-electron chi connectivity index (χ0n) is 14.6. The number of nitrogens with zero attached hydrogens (tertiary/aromatic N) is 1. The number of hydrogen-bond donors (Lipinski definition) is 1. The van der Waals surface area contributed by atoms with Crippen LogP contribution in [0.2, 0.25) is 0 Å². The van der Waals surface area contributed by atoms with Crippen molar-refractivity contribution in [2.24, 2.45) is 0 Å². The summed E-state index contributed by atoms with van der Waals surface area (Å²) in [7, 11) is 0. The molecular weight excluding hydrogens is 340 g/mol. The van der Waals surface area contributed by atoms with Crippen molar-refractivity contribution < 1.29 is 14.3 Å². The van der Waals surface area contributed by atoms with Crippen LogP contribution in [0.1, 0.15) is 38.6 Å². The first-order valence-electron chi connectivity index (χ1n) is 9.05. The molecule has 2 unspecified atom stereocenters. The molecule has 27 heavy (non-hydrogen) atoms. The number of hydrogen-bond acceptors (Lipinski definition) is 4. The van der Waals surface area contributed by atoms with Crippen LogP contribution in [-0.4, -0.2) is 29.5 Å². The number of fused-ring (bicyclic) bond motifs is 3. The molecule has 0 aromatic heterocycles. The zero-order valence-corrected chi connectivity index (χ0v) is 14.6. The maximum Gasteiger partial charge on any atom is 0.261 e. The van der Waals surface area contributed by atoms with Gasteiger partial charge in [0.25, 0.3) is 11.8 Å². The van der Waals surface area contributed by atoms with E-state index in [2.05, 4.69) is 5.32 Å². The Kier molecular flexibility index (Phi) is 3.60. The van der Waals surface area contributed by atoms with Crippen LogP contribution in [0.15, 0.2) is 72.5 Å². The van der Waals surface area contributed by atoms with E-state index in [0.717, 1.165) is 16.9 Å². The normalized spacial score (nSPS) is 22.8. The molecule has 3 aliphatic heterocycles. The average molecular weight is 358 g/mol. The van der Waals surface area contributed by atoms with Crippen molar-refractivity contribution in [3.05, 3.63) is 89.1 Å². The van der Waals surface area contributed by atoms with E-state index in [0.29, 0.717) is 24.1 Å². The van der Waals surface area contributed by atoms with Crippen molar-refractivity contribution in [2.45, 2.75) is 18.6 Å². The van der Waals surface area contributed by atoms with E-state index < -0.39 is 0 Å². The molecule has 3 heterocycles. The quantitative estimate of drug-likeness (QED) is 0.838. The minimum atomic E-state index is -0.219. The summed E-state index contributed by atoms with van der Waals surface area (Å²) < 4.78 is 6.15. The number of carbonyl (C=O) groups is 2. The van der Waals surface area contributed by atoms with Crippen molar-refractivity contribution in [3.8, 4) is 5.75 Å². The lowest BCUT2D eigenvalue weighted by atomic mass is 9.90. The van der Waals surface area contributed by atoms with Crippen LogP contribution in [0.25, 0.3) is 0 Å². The number of ether oxygens (including phenoxy) is 1. The fourth-order valence-corrected chi connectivity index (χ4v) is 4.03. The van der Waals surface area contributed by atoms with E-state index in [4.69, 9.17) is 4.74 Å². The Morgan fingerprint density at radius 3 is 2.48 bits per heavy atom. The van der Waals surface area contributed by atoms with Crippen LogP contribution in [0, 0.1) is 0 Å². The molecule has 3 aliphatic rings. The largest absolute Gasteiger partial charge is 0.467 e. The summed E-state index contributed by atoms with van der Waals surface area (Å²) in [5, 5.41) is 3.23. The van der Waals surface area contributed by atoms with Gasteiger partial charge in [-0.2, -0.15) is 0 Å². The lowest BCUT2D eigenvalue weighted by molar-refractivity contribution is 0.0644. The van der Waals surface area contributed by atoms with Crippen molar-refractivity contribution in [3.63, 3.8) is 0 Å². The highest BCUT2D eigenvalue weighted by Crippen LogP contribution is 2.39. The van der Waals surface area contributed by atoms with Crippen molar-refractivity contribution >= 4 is 11.8 Å². The Hall–Kier alpha value is -3.34. The molecule has 2 aromatic carbocycles. The standard InChI is InChI=1S/C22H18N2O3/c25-21-17-8-1-2-9-18(17)22(26)24(21)13-15-12-14-6-5-11-23-20(14)27-19-10-4-3-7-16(15)19/h1-11,15,20,23H,12-13H2. The first-order valence-corrected chi connectivity index (χ1v) is 9.05. The molecule has 2 amide bonds. The molecule has 5 rings (SSSR count). The predicted octanol–water partition coefficient (Wildman–Crippen LogP) is 3.22. The van der Waals surface area contributed by atoms with Gasteiger partial charge in [-0.25, -0.2) is 0 Å². The van der Waals surface area contributed by atoms with E-state index in [-0.39, 0.29) is 24.0 Å². The maximum atomic E-state index is 12.8. The number of carbonyl (C=O) groups excluding carboxylic acids is 2. The Balaban J connectivity index is 1.51. The van der Waals surface area contributed by atoms with Gasteiger partial charge in [0.05, 0.1) is 11.1 Å². The monoisotopic (exact) mass is 358 g/mol. The minimum Gasteiger partial charge on any atom is -0.467 e. The molecule has 5 heteroatoms. The molecule has 0 bridgehead atoms. The summed E-state index contributed by atoms with van der Waals surface area (Å²) in [5.74, 6) is 0.333. The number of rotatable bonds is 2. The SMILES string of the molecule is O=C1c2ccccc2C(=O)N1CC1CC2=CC=CNC2Oc2ccccc21. The number of para-hydroxylation sites is 1. The van der Waals surface area contributed by atoms with Gasteiger partial charge in [-0.05, 0) is 48.0 Å². The maximum absolute atomic E-state index is 12.8. The summed E-state index contributed by atoms with van der Waals surface area (Å²) in [6.45, 7) is 0.334. The molecule has 0 saturated carbocycles. The van der Waals surface area contributed by atoms with Gasteiger partial charge in [0, 0.05) is 12.5 Å². The van der Waals surface area contributed by atoms with Crippen molar-refractivity contribution in [1.82, 2.24) is 10.2 Å². The Morgan fingerprint density at radius 1 is 1.00 bits per heavy atom. The second-order valence-electron chi connectivity index (χ2n) is 6.97. The molecular formula is C22H18N2O3. The fraction of sp³-hybridized carbons (Fsp3) is 0.182. The molecule has 0 spiro atoms. The van der Waals surface area contributed by atoms with Crippen LogP contribution in [0.5, 0.6) is 5.75 Å². The molecule has 134 valence electrons. The number of amides is 2. The molecule has 1 N–H and O–H groups in total. The Bertz CT molecular complexity index is 973. The first kappa shape index (κ1) is 15.9. The first-order chi connectivity index (χ1) is 13.2. The topological polar surface area (TPSA) is 58.6 Å². The molecule has 0 saturated heterocycles. The molecule has 0 radical (unpaired) electrons. The lowest BCUT2D eigenvalue weighted by Gasteiger charge is -2.24. The smallest absolute Gasteiger partial charge is 0.261 e. The number of nitrogens with one attached hydrogen (secondary N) is 1. The van der Waals surface area contributed by atoms with Crippen LogP contribution >= 0.6 is 0 Å². The highest BCUT2D eigenvalue weighted by atomic mass is 16.5. The van der Waals surface area contributed by atoms with Gasteiger partial charge in [0.15, 0.2) is 6.23 Å². The van der Waals surface area contributed by atoms with Crippen molar-refractivity contribution in [2.75, 3.05) is 6.54 Å². The number of dihydropyridines is 1. The summed E-state index contributed by atoms with van der Waals surface area (Å²) in [6, 6.07) is 14.9. The second-order valence-corrected chi connectivity index (χ2v) is 6.97. The molecule has 0 fully saturated rings. The van der Waals surface area contributed by atoms with E-state index in [1.165, 1.54) is 4.90 Å². The second kappa shape index (κ2) is 6.13. The van der Waals surface area contributed by atoms with Gasteiger partial charge in [-0.3, -0.25) is 14.5 Å². The third-order valence-electron chi connectivity index (χ3n) is 5.36. The van der Waals surface area contributed by atoms with Gasteiger partial charge >= 0.3 is 0 Å². The predicted molar refractivity (Wildman–Crippen MR) is 100 cm³/mol. The van der Waals surface area contributed by atoms with Crippen LogP contribution in [0.3, 0.4) is 0 Å². The fourth-order valence-electron chi connectivity index (χ4n) is 4.03. The number of benzene rings is 2. The lowest BCUT2D eigenvalue weighted by Crippen LogP contribution is -2.35. The van der Waals surface area contributed by atoms with Gasteiger partial charge < -0.3 is 10.1 Å². The summed E-state index contributed by atoms with van der Waals surface area (Å²) in [4.78, 5) is 27.0. The molecule has 0 aliphatic carbocycles. The molecule has 2 atom stereocenters. The van der Waals surface area contributed by atoms with Gasteiger partial charge in [0.1, 0.15) is 5.75 Å². The van der Waals surface area contributed by atoms with Crippen molar-refractivity contribution in [1.29, 1.82) is 0 Å². The summed E-state index contributed by atoms with van der Waals surface area (Å²) >= 11 is 0. The van der Waals surface area contributed by atoms with Crippen LogP contribution < -0.4 is 10.1 Å². The minimum absolute atomic E-state index is 0.0204. The van der Waals surface area contributed by atoms with E-state index in [1.807, 2.05) is 42.6 Å². The highest BCUT2D eigenvalue weighted by molar-refractivity contribution is 6.21. The number of imide groups is 1. The van der Waals surface area contributed by atoms with E-state index >= 15 is 0 Å². The summed E-state index contributed by atoms with van der Waals surface area (Å²) in [5.41, 5.74) is 3.10. The Labute approximate surface area is 156 Å². The summed E-state index contributed by atoms with van der Waals surface area (Å²) in [6.07, 6.45) is 6.35. The third kappa shape index (κ3) is 2.54. The van der Waals surface area contributed by atoms with Crippen LogP contribution in [-0.2, 0) is 0 Å². The third-order valence-corrected chi connectivity index (χ3v) is 5.36. The molecule has 5 nitrogen and oxygen atoms in total. The van der Waals surface area contributed by atoms with Gasteiger partial charge in [-0.15, -0.1) is 0 Å². The molecule has 2 aromatic rings. The van der Waals surface area contributed by atoms with Gasteiger partial charge in [0.2, 0.25) is 0 Å². The van der Waals surface area contributed by atoms with Crippen LogP contribution in [0.4, 0.5) is 0 Å². The zero-order chi connectivity index (χ0) is 18.4. The van der Waals surface area contributed by atoms with E-state index in [9.17, 15) is 9.59 Å².